The van der Waals surface area contributed by atoms with Crippen molar-refractivity contribution in [2.75, 3.05) is 13.7 Å². The summed E-state index contributed by atoms with van der Waals surface area (Å²) in [5.41, 5.74) is 0. The summed E-state index contributed by atoms with van der Waals surface area (Å²) in [5.74, 6) is 0. The second-order valence-corrected chi connectivity index (χ2v) is 2.65. The molecule has 0 saturated heterocycles. The lowest BCUT2D eigenvalue weighted by molar-refractivity contribution is 0.103. The van der Waals surface area contributed by atoms with Gasteiger partial charge in [0.15, 0.2) is 0 Å². The van der Waals surface area contributed by atoms with Crippen molar-refractivity contribution >= 4 is 0 Å². The standard InChI is InChI=1S/C9H18O2/c1-3-4-5-6-9(10)7-8-11-2/h3,9-10H,1,4-8H2,2H3. The Balaban J connectivity index is 3.08. The van der Waals surface area contributed by atoms with E-state index < -0.39 is 0 Å². The van der Waals surface area contributed by atoms with Crippen LogP contribution in [0.15, 0.2) is 12.7 Å². The van der Waals surface area contributed by atoms with Gasteiger partial charge in [0.25, 0.3) is 0 Å². The minimum absolute atomic E-state index is 0.199. The maximum atomic E-state index is 9.29. The highest BCUT2D eigenvalue weighted by Crippen LogP contribution is 2.04. The Bertz CT molecular complexity index is 91.6. The molecule has 0 aromatic heterocycles. The van der Waals surface area contributed by atoms with Crippen LogP contribution < -0.4 is 0 Å². The van der Waals surface area contributed by atoms with E-state index >= 15 is 0 Å². The summed E-state index contributed by atoms with van der Waals surface area (Å²) in [4.78, 5) is 0. The molecule has 0 heterocycles. The Kier molecular flexibility index (Phi) is 7.52. The molecule has 0 aliphatic heterocycles. The number of unbranched alkanes of at least 4 members (excludes halogenated alkanes) is 1. The van der Waals surface area contributed by atoms with Crippen molar-refractivity contribution in [1.29, 1.82) is 0 Å². The summed E-state index contributed by atoms with van der Waals surface area (Å²) >= 11 is 0. The quantitative estimate of drug-likeness (QED) is 0.451. The van der Waals surface area contributed by atoms with Gasteiger partial charge in [0, 0.05) is 13.7 Å². The van der Waals surface area contributed by atoms with Gasteiger partial charge in [-0.05, 0) is 25.7 Å². The molecule has 0 aromatic carbocycles. The maximum Gasteiger partial charge on any atom is 0.0562 e. The van der Waals surface area contributed by atoms with Crippen LogP contribution in [0.25, 0.3) is 0 Å². The van der Waals surface area contributed by atoms with Crippen LogP contribution in [0.1, 0.15) is 25.7 Å². The van der Waals surface area contributed by atoms with E-state index in [1.165, 1.54) is 0 Å². The SMILES string of the molecule is C=CCCCC(O)CCOC. The summed E-state index contributed by atoms with van der Waals surface area (Å²) in [6, 6.07) is 0. The Morgan fingerprint density at radius 2 is 2.27 bits per heavy atom. The van der Waals surface area contributed by atoms with Crippen molar-refractivity contribution in [2.24, 2.45) is 0 Å². The van der Waals surface area contributed by atoms with Gasteiger partial charge in [-0.1, -0.05) is 6.08 Å². The van der Waals surface area contributed by atoms with Crippen molar-refractivity contribution in [3.8, 4) is 0 Å². The fraction of sp³-hybridized carbons (Fsp3) is 0.778. The zero-order valence-corrected chi connectivity index (χ0v) is 7.25. The minimum Gasteiger partial charge on any atom is -0.393 e. The van der Waals surface area contributed by atoms with E-state index in [0.717, 1.165) is 25.7 Å². The van der Waals surface area contributed by atoms with Crippen molar-refractivity contribution in [2.45, 2.75) is 31.8 Å². The second kappa shape index (κ2) is 7.76. The first-order chi connectivity index (χ1) is 5.31. The van der Waals surface area contributed by atoms with E-state index in [9.17, 15) is 5.11 Å². The summed E-state index contributed by atoms with van der Waals surface area (Å²) in [5, 5.41) is 9.29. The second-order valence-electron chi connectivity index (χ2n) is 2.65. The minimum atomic E-state index is -0.199. The van der Waals surface area contributed by atoms with E-state index in [1.807, 2.05) is 6.08 Å². The third-order valence-electron chi connectivity index (χ3n) is 1.60. The van der Waals surface area contributed by atoms with E-state index in [1.54, 1.807) is 7.11 Å². The van der Waals surface area contributed by atoms with Gasteiger partial charge in [0.1, 0.15) is 0 Å². The molecule has 11 heavy (non-hydrogen) atoms. The fourth-order valence-corrected chi connectivity index (χ4v) is 0.896. The Morgan fingerprint density at radius 1 is 1.55 bits per heavy atom. The summed E-state index contributed by atoms with van der Waals surface area (Å²) < 4.78 is 4.84. The number of hydrogen-bond donors (Lipinski definition) is 1. The van der Waals surface area contributed by atoms with Crippen LogP contribution in [-0.2, 0) is 4.74 Å². The van der Waals surface area contributed by atoms with Crippen LogP contribution >= 0.6 is 0 Å². The van der Waals surface area contributed by atoms with Gasteiger partial charge in [-0.3, -0.25) is 0 Å². The number of methoxy groups -OCH3 is 1. The summed E-state index contributed by atoms with van der Waals surface area (Å²) in [6.07, 6.45) is 5.29. The molecule has 0 bridgehead atoms. The molecule has 1 N–H and O–H groups in total. The number of aliphatic hydroxyl groups excluding tert-OH is 1. The topological polar surface area (TPSA) is 29.5 Å². The molecule has 0 spiro atoms. The van der Waals surface area contributed by atoms with Gasteiger partial charge < -0.3 is 9.84 Å². The van der Waals surface area contributed by atoms with Gasteiger partial charge in [-0.25, -0.2) is 0 Å². The first kappa shape index (κ1) is 10.7. The molecule has 0 aliphatic carbocycles. The fourth-order valence-electron chi connectivity index (χ4n) is 0.896. The van der Waals surface area contributed by atoms with Gasteiger partial charge in [0.2, 0.25) is 0 Å². The average Bonchev–Trinajstić information content (AvgIpc) is 2.01. The van der Waals surface area contributed by atoms with Crippen LogP contribution in [0, 0.1) is 0 Å². The first-order valence-corrected chi connectivity index (χ1v) is 4.09. The molecule has 66 valence electrons. The lowest BCUT2D eigenvalue weighted by atomic mass is 10.1. The normalized spacial score (nSPS) is 12.9. The molecule has 0 rings (SSSR count). The predicted molar refractivity (Wildman–Crippen MR) is 46.5 cm³/mol. The molecule has 1 atom stereocenters. The highest BCUT2D eigenvalue weighted by Gasteiger charge is 2.01. The van der Waals surface area contributed by atoms with Crippen molar-refractivity contribution in [3.05, 3.63) is 12.7 Å². The van der Waals surface area contributed by atoms with Crippen LogP contribution in [-0.4, -0.2) is 24.9 Å². The van der Waals surface area contributed by atoms with E-state index in [2.05, 4.69) is 6.58 Å². The summed E-state index contributed by atoms with van der Waals surface area (Å²) in [7, 11) is 1.65. The number of allylic oxidation sites excluding steroid dienone is 1. The zero-order valence-electron chi connectivity index (χ0n) is 7.25. The lowest BCUT2D eigenvalue weighted by Crippen LogP contribution is -2.09. The van der Waals surface area contributed by atoms with E-state index in [4.69, 9.17) is 4.74 Å². The monoisotopic (exact) mass is 158 g/mol. The van der Waals surface area contributed by atoms with Crippen LogP contribution in [0.3, 0.4) is 0 Å². The molecular weight excluding hydrogens is 140 g/mol. The zero-order chi connectivity index (χ0) is 8.53. The van der Waals surface area contributed by atoms with Crippen LogP contribution in [0.2, 0.25) is 0 Å². The molecule has 0 saturated carbocycles. The molecule has 2 nitrogen and oxygen atoms in total. The molecule has 1 unspecified atom stereocenters. The van der Waals surface area contributed by atoms with Crippen molar-refractivity contribution < 1.29 is 9.84 Å². The number of ether oxygens (including phenoxy) is 1. The molecule has 0 aromatic rings. The third kappa shape index (κ3) is 7.56. The van der Waals surface area contributed by atoms with E-state index in [-0.39, 0.29) is 6.10 Å². The number of hydrogen-bond acceptors (Lipinski definition) is 2. The van der Waals surface area contributed by atoms with Crippen LogP contribution in [0.5, 0.6) is 0 Å². The Morgan fingerprint density at radius 3 is 2.82 bits per heavy atom. The van der Waals surface area contributed by atoms with Crippen LogP contribution in [0.4, 0.5) is 0 Å². The first-order valence-electron chi connectivity index (χ1n) is 4.09. The average molecular weight is 158 g/mol. The van der Waals surface area contributed by atoms with Gasteiger partial charge in [0.05, 0.1) is 6.10 Å². The molecule has 0 fully saturated rings. The smallest absolute Gasteiger partial charge is 0.0562 e. The van der Waals surface area contributed by atoms with Gasteiger partial charge in [-0.15, -0.1) is 6.58 Å². The third-order valence-corrected chi connectivity index (χ3v) is 1.60. The number of rotatable bonds is 7. The Labute approximate surface area is 68.9 Å². The Hall–Kier alpha value is -0.340. The van der Waals surface area contributed by atoms with E-state index in [0.29, 0.717) is 6.61 Å². The lowest BCUT2D eigenvalue weighted by Gasteiger charge is -2.07. The van der Waals surface area contributed by atoms with Gasteiger partial charge >= 0.3 is 0 Å². The van der Waals surface area contributed by atoms with Crippen molar-refractivity contribution in [3.63, 3.8) is 0 Å². The predicted octanol–water partition coefficient (Wildman–Crippen LogP) is 1.74. The summed E-state index contributed by atoms with van der Waals surface area (Å²) in [6.45, 7) is 4.26. The molecular formula is C9H18O2. The highest BCUT2D eigenvalue weighted by molar-refractivity contribution is 4.67. The molecule has 0 aliphatic rings. The molecule has 0 radical (unpaired) electrons. The van der Waals surface area contributed by atoms with Crippen molar-refractivity contribution in [1.82, 2.24) is 0 Å². The van der Waals surface area contributed by atoms with Gasteiger partial charge in [-0.2, -0.15) is 0 Å². The molecule has 0 amide bonds. The maximum absolute atomic E-state index is 9.29. The largest absolute Gasteiger partial charge is 0.393 e. The molecule has 2 heteroatoms. The number of aliphatic hydroxyl groups is 1. The highest BCUT2D eigenvalue weighted by atomic mass is 16.5.